The summed E-state index contributed by atoms with van der Waals surface area (Å²) in [7, 11) is 7.49. The van der Waals surface area contributed by atoms with Gasteiger partial charge in [0.2, 0.25) is 5.91 Å². The van der Waals surface area contributed by atoms with E-state index in [0.29, 0.717) is 25.4 Å². The summed E-state index contributed by atoms with van der Waals surface area (Å²) in [5.41, 5.74) is 3.12. The van der Waals surface area contributed by atoms with Gasteiger partial charge in [0, 0.05) is 71.7 Å². The van der Waals surface area contributed by atoms with Gasteiger partial charge in [-0.3, -0.25) is 14.6 Å². The van der Waals surface area contributed by atoms with Crippen LogP contribution in [0.4, 0.5) is 10.1 Å². The van der Waals surface area contributed by atoms with Crippen LogP contribution in [-0.4, -0.2) is 81.6 Å². The minimum Gasteiger partial charge on any atom is -0.496 e. The van der Waals surface area contributed by atoms with E-state index in [0.717, 1.165) is 43.0 Å². The van der Waals surface area contributed by atoms with Gasteiger partial charge in [-0.15, -0.1) is 0 Å². The van der Waals surface area contributed by atoms with Crippen LogP contribution in [0.2, 0.25) is 0 Å². The maximum atomic E-state index is 13.6. The number of amides is 1. The zero-order valence-electron chi connectivity index (χ0n) is 19.0. The summed E-state index contributed by atoms with van der Waals surface area (Å²) in [4.78, 5) is 21.0. The number of carbonyl (C=O) groups excluding carboxylic acids is 1. The molecule has 7 heteroatoms. The van der Waals surface area contributed by atoms with Gasteiger partial charge in [0.05, 0.1) is 13.7 Å². The summed E-state index contributed by atoms with van der Waals surface area (Å²) >= 11 is 0. The molecule has 1 fully saturated rings. The molecule has 1 saturated heterocycles. The summed E-state index contributed by atoms with van der Waals surface area (Å²) in [5, 5.41) is 0. The van der Waals surface area contributed by atoms with E-state index in [1.165, 1.54) is 12.1 Å². The third kappa shape index (κ3) is 6.42. The van der Waals surface area contributed by atoms with Crippen molar-refractivity contribution in [1.29, 1.82) is 0 Å². The quantitative estimate of drug-likeness (QED) is 0.647. The van der Waals surface area contributed by atoms with E-state index >= 15 is 0 Å². The van der Waals surface area contributed by atoms with E-state index in [1.807, 2.05) is 21.1 Å². The predicted octanol–water partition coefficient (Wildman–Crippen LogP) is 2.68. The van der Waals surface area contributed by atoms with Gasteiger partial charge < -0.3 is 14.5 Å². The van der Waals surface area contributed by atoms with Crippen LogP contribution in [0.15, 0.2) is 42.5 Å². The van der Waals surface area contributed by atoms with Crippen molar-refractivity contribution in [3.8, 4) is 5.75 Å². The fourth-order valence-electron chi connectivity index (χ4n) is 3.79. The summed E-state index contributed by atoms with van der Waals surface area (Å²) in [5.74, 6) is 0.579. The first kappa shape index (κ1) is 23.0. The van der Waals surface area contributed by atoms with Crippen molar-refractivity contribution in [2.45, 2.75) is 13.1 Å². The van der Waals surface area contributed by atoms with E-state index in [9.17, 15) is 9.18 Å². The standard InChI is InChI=1S/C24H33FN4O2/c1-26(2)22-8-5-19(6-9-22)16-27(3)24(30)18-29-13-11-28(12-14-29)17-20-15-21(25)7-10-23(20)31-4/h5-10,15H,11-14,16-18H2,1-4H3. The molecule has 0 spiro atoms. The average molecular weight is 429 g/mol. The Morgan fingerprint density at radius 3 is 2.26 bits per heavy atom. The van der Waals surface area contributed by atoms with E-state index in [1.54, 1.807) is 18.1 Å². The second-order valence-corrected chi connectivity index (χ2v) is 8.32. The SMILES string of the molecule is COc1ccc(F)cc1CN1CCN(CC(=O)N(C)Cc2ccc(N(C)C)cc2)CC1. The van der Waals surface area contributed by atoms with E-state index < -0.39 is 0 Å². The fourth-order valence-corrected chi connectivity index (χ4v) is 3.79. The monoisotopic (exact) mass is 428 g/mol. The highest BCUT2D eigenvalue weighted by Crippen LogP contribution is 2.21. The Hall–Kier alpha value is -2.64. The molecule has 0 bridgehead atoms. The van der Waals surface area contributed by atoms with Crippen molar-refractivity contribution in [3.63, 3.8) is 0 Å². The minimum atomic E-state index is -0.251. The molecule has 0 aliphatic carbocycles. The Morgan fingerprint density at radius 2 is 1.65 bits per heavy atom. The van der Waals surface area contributed by atoms with Crippen molar-refractivity contribution in [2.75, 3.05) is 65.9 Å². The maximum Gasteiger partial charge on any atom is 0.236 e. The molecule has 0 atom stereocenters. The molecule has 0 saturated carbocycles. The number of ether oxygens (including phenoxy) is 1. The van der Waals surface area contributed by atoms with Crippen molar-refractivity contribution in [2.24, 2.45) is 0 Å². The van der Waals surface area contributed by atoms with Gasteiger partial charge in [-0.2, -0.15) is 0 Å². The molecule has 1 aliphatic rings. The molecule has 0 aromatic heterocycles. The summed E-state index contributed by atoms with van der Waals surface area (Å²) in [6.07, 6.45) is 0. The van der Waals surface area contributed by atoms with Crippen LogP contribution < -0.4 is 9.64 Å². The van der Waals surface area contributed by atoms with Crippen LogP contribution in [0, 0.1) is 5.82 Å². The molecule has 0 N–H and O–H groups in total. The number of anilines is 1. The van der Waals surface area contributed by atoms with Gasteiger partial charge >= 0.3 is 0 Å². The Kier molecular flexibility index (Phi) is 7.87. The average Bonchev–Trinajstić information content (AvgIpc) is 2.75. The van der Waals surface area contributed by atoms with Gasteiger partial charge in [-0.25, -0.2) is 4.39 Å². The zero-order chi connectivity index (χ0) is 22.4. The lowest BCUT2D eigenvalue weighted by atomic mass is 10.1. The van der Waals surface area contributed by atoms with Gasteiger partial charge in [0.25, 0.3) is 0 Å². The number of piperazine rings is 1. The Balaban J connectivity index is 1.45. The zero-order valence-corrected chi connectivity index (χ0v) is 19.0. The van der Waals surface area contributed by atoms with Crippen LogP contribution in [0.3, 0.4) is 0 Å². The number of hydrogen-bond donors (Lipinski definition) is 0. The van der Waals surface area contributed by atoms with Gasteiger partial charge in [-0.1, -0.05) is 12.1 Å². The number of nitrogens with zero attached hydrogens (tertiary/aromatic N) is 4. The highest BCUT2D eigenvalue weighted by molar-refractivity contribution is 5.78. The van der Waals surface area contributed by atoms with Crippen LogP contribution in [0.5, 0.6) is 5.75 Å². The van der Waals surface area contributed by atoms with Crippen LogP contribution in [0.25, 0.3) is 0 Å². The molecular formula is C24H33FN4O2. The number of rotatable bonds is 8. The van der Waals surface area contributed by atoms with Gasteiger partial charge in [0.1, 0.15) is 11.6 Å². The third-order valence-corrected chi connectivity index (χ3v) is 5.76. The number of methoxy groups -OCH3 is 1. The highest BCUT2D eigenvalue weighted by atomic mass is 19.1. The lowest BCUT2D eigenvalue weighted by Gasteiger charge is -2.35. The van der Waals surface area contributed by atoms with Crippen LogP contribution in [-0.2, 0) is 17.9 Å². The largest absolute Gasteiger partial charge is 0.496 e. The molecular weight excluding hydrogens is 395 g/mol. The van der Waals surface area contributed by atoms with Crippen LogP contribution in [0.1, 0.15) is 11.1 Å². The molecule has 2 aromatic carbocycles. The first-order valence-electron chi connectivity index (χ1n) is 10.6. The van der Waals surface area contributed by atoms with Gasteiger partial charge in [-0.05, 0) is 35.9 Å². The molecule has 6 nitrogen and oxygen atoms in total. The lowest BCUT2D eigenvalue weighted by molar-refractivity contribution is -0.132. The Morgan fingerprint density at radius 1 is 1.00 bits per heavy atom. The van der Waals surface area contributed by atoms with Crippen molar-refractivity contribution < 1.29 is 13.9 Å². The molecule has 0 unspecified atom stereocenters. The van der Waals surface area contributed by atoms with E-state index in [4.69, 9.17) is 4.74 Å². The third-order valence-electron chi connectivity index (χ3n) is 5.76. The second kappa shape index (κ2) is 10.6. The molecule has 2 aromatic rings. The summed E-state index contributed by atoms with van der Waals surface area (Å²) < 4.78 is 19.0. The number of carbonyl (C=O) groups is 1. The summed E-state index contributed by atoms with van der Waals surface area (Å²) in [6.45, 7) is 4.97. The molecule has 1 amide bonds. The van der Waals surface area contributed by atoms with Crippen molar-refractivity contribution >= 4 is 11.6 Å². The second-order valence-electron chi connectivity index (χ2n) is 8.32. The Bertz CT molecular complexity index is 864. The first-order chi connectivity index (χ1) is 14.9. The fraction of sp³-hybridized carbons (Fsp3) is 0.458. The number of benzene rings is 2. The minimum absolute atomic E-state index is 0.122. The molecule has 1 heterocycles. The van der Waals surface area contributed by atoms with Gasteiger partial charge in [0.15, 0.2) is 0 Å². The van der Waals surface area contributed by atoms with E-state index in [2.05, 4.69) is 39.0 Å². The predicted molar refractivity (Wildman–Crippen MR) is 122 cm³/mol. The molecule has 168 valence electrons. The van der Waals surface area contributed by atoms with Crippen LogP contribution >= 0.6 is 0 Å². The topological polar surface area (TPSA) is 39.3 Å². The maximum absolute atomic E-state index is 13.6. The normalized spacial score (nSPS) is 15.0. The lowest BCUT2D eigenvalue weighted by Crippen LogP contribution is -2.49. The van der Waals surface area contributed by atoms with E-state index in [-0.39, 0.29) is 11.7 Å². The molecule has 3 rings (SSSR count). The van der Waals surface area contributed by atoms with Crippen molar-refractivity contribution in [3.05, 3.63) is 59.4 Å². The molecule has 1 aliphatic heterocycles. The van der Waals surface area contributed by atoms with Crippen molar-refractivity contribution in [1.82, 2.24) is 14.7 Å². The Labute approximate surface area is 184 Å². The smallest absolute Gasteiger partial charge is 0.236 e. The summed E-state index contributed by atoms with van der Waals surface area (Å²) in [6, 6.07) is 12.9. The highest BCUT2D eigenvalue weighted by Gasteiger charge is 2.21. The number of likely N-dealkylation sites (N-methyl/N-ethyl adjacent to an activating group) is 1. The molecule has 0 radical (unpaired) electrons. The first-order valence-corrected chi connectivity index (χ1v) is 10.6. The number of halogens is 1. The number of hydrogen-bond acceptors (Lipinski definition) is 5. The molecule has 31 heavy (non-hydrogen) atoms.